The molecule has 0 bridgehead atoms. The molecule has 1 aromatic carbocycles. The van der Waals surface area contributed by atoms with E-state index < -0.39 is 0 Å². The van der Waals surface area contributed by atoms with Gasteiger partial charge in [-0.15, -0.1) is 22.7 Å². The van der Waals surface area contributed by atoms with E-state index in [4.69, 9.17) is 0 Å². The largest absolute Gasteiger partial charge is 0.297 e. The van der Waals surface area contributed by atoms with Crippen molar-refractivity contribution in [2.45, 2.75) is 25.8 Å². The summed E-state index contributed by atoms with van der Waals surface area (Å²) < 4.78 is 13.9. The van der Waals surface area contributed by atoms with Gasteiger partial charge in [-0.25, -0.2) is 9.37 Å². The van der Waals surface area contributed by atoms with Crippen LogP contribution in [0.15, 0.2) is 41.8 Å². The van der Waals surface area contributed by atoms with Crippen molar-refractivity contribution >= 4 is 33.7 Å². The number of rotatable bonds is 5. The molecule has 140 valence electrons. The van der Waals surface area contributed by atoms with Crippen LogP contribution in [-0.2, 0) is 6.54 Å². The number of likely N-dealkylation sites (tertiary alicyclic amines) is 1. The third kappa shape index (κ3) is 4.43. The summed E-state index contributed by atoms with van der Waals surface area (Å²) in [5.74, 6) is -0.491. The second kappa shape index (κ2) is 8.29. The molecule has 1 amide bonds. The minimum Gasteiger partial charge on any atom is -0.297 e. The van der Waals surface area contributed by atoms with Crippen LogP contribution in [0.1, 0.15) is 34.6 Å². The minimum absolute atomic E-state index is 0.207. The lowest BCUT2D eigenvalue weighted by molar-refractivity contribution is 0.103. The van der Waals surface area contributed by atoms with Gasteiger partial charge in [0.05, 0.1) is 10.6 Å². The molecule has 3 aromatic rings. The third-order valence-corrected chi connectivity index (χ3v) is 6.50. The molecule has 27 heavy (non-hydrogen) atoms. The number of anilines is 1. The fraction of sp³-hybridized carbons (Fsp3) is 0.300. The van der Waals surface area contributed by atoms with E-state index >= 15 is 0 Å². The van der Waals surface area contributed by atoms with Crippen molar-refractivity contribution < 1.29 is 9.18 Å². The predicted octanol–water partition coefficient (Wildman–Crippen LogP) is 5.25. The first-order valence-electron chi connectivity index (χ1n) is 9.02. The van der Waals surface area contributed by atoms with Crippen LogP contribution in [0.2, 0.25) is 0 Å². The average Bonchev–Trinajstić information content (AvgIpc) is 3.33. The zero-order chi connectivity index (χ0) is 18.6. The highest BCUT2D eigenvalue weighted by atomic mass is 32.1. The number of nitrogens with zero attached hydrogens (tertiary/aromatic N) is 2. The Kier molecular flexibility index (Phi) is 5.61. The summed E-state index contributed by atoms with van der Waals surface area (Å²) >= 11 is 2.72. The Bertz CT molecular complexity index is 931. The maximum atomic E-state index is 13.9. The van der Waals surface area contributed by atoms with Gasteiger partial charge in [-0.1, -0.05) is 24.6 Å². The number of piperidine rings is 1. The first-order valence-corrected chi connectivity index (χ1v) is 10.7. The Labute approximate surface area is 165 Å². The Morgan fingerprint density at radius 1 is 1.15 bits per heavy atom. The number of benzene rings is 1. The molecule has 3 heterocycles. The van der Waals surface area contributed by atoms with E-state index in [0.717, 1.165) is 30.2 Å². The molecule has 1 N–H and O–H groups in total. The number of carbonyl (C=O) groups excluding carboxylic acids is 1. The quantitative estimate of drug-likeness (QED) is 0.635. The molecule has 0 atom stereocenters. The van der Waals surface area contributed by atoms with Crippen molar-refractivity contribution in [1.82, 2.24) is 9.88 Å². The number of carbonyl (C=O) groups is 1. The topological polar surface area (TPSA) is 45.2 Å². The van der Waals surface area contributed by atoms with E-state index in [1.165, 1.54) is 48.0 Å². The zero-order valence-corrected chi connectivity index (χ0v) is 16.4. The van der Waals surface area contributed by atoms with Gasteiger partial charge in [-0.3, -0.25) is 15.0 Å². The van der Waals surface area contributed by atoms with Crippen LogP contribution in [0.3, 0.4) is 0 Å². The number of thiophene rings is 1. The van der Waals surface area contributed by atoms with Crippen molar-refractivity contribution in [3.05, 3.63) is 58.2 Å². The van der Waals surface area contributed by atoms with Crippen LogP contribution in [0.4, 0.5) is 9.52 Å². The first-order chi connectivity index (χ1) is 13.2. The molecule has 0 radical (unpaired) electrons. The minimum atomic E-state index is -0.284. The lowest BCUT2D eigenvalue weighted by Crippen LogP contribution is -2.29. The van der Waals surface area contributed by atoms with Crippen molar-refractivity contribution in [2.24, 2.45) is 0 Å². The van der Waals surface area contributed by atoms with Gasteiger partial charge in [0, 0.05) is 22.4 Å². The van der Waals surface area contributed by atoms with Crippen molar-refractivity contribution in [3.8, 4) is 10.4 Å². The van der Waals surface area contributed by atoms with E-state index in [1.54, 1.807) is 30.3 Å². The Morgan fingerprint density at radius 3 is 2.78 bits per heavy atom. The highest BCUT2D eigenvalue weighted by Crippen LogP contribution is 2.30. The Hall–Kier alpha value is -2.09. The van der Waals surface area contributed by atoms with Crippen LogP contribution in [0, 0.1) is 5.82 Å². The lowest BCUT2D eigenvalue weighted by atomic mass is 10.1. The molecule has 1 aliphatic heterocycles. The van der Waals surface area contributed by atoms with E-state index in [1.807, 2.05) is 5.38 Å². The predicted molar refractivity (Wildman–Crippen MR) is 109 cm³/mol. The van der Waals surface area contributed by atoms with Gasteiger partial charge < -0.3 is 0 Å². The number of thiazole rings is 1. The van der Waals surface area contributed by atoms with Gasteiger partial charge in [0.2, 0.25) is 0 Å². The van der Waals surface area contributed by atoms with Gasteiger partial charge in [-0.05, 0) is 44.1 Å². The van der Waals surface area contributed by atoms with Crippen molar-refractivity contribution in [1.29, 1.82) is 0 Å². The van der Waals surface area contributed by atoms with Gasteiger partial charge in [0.15, 0.2) is 5.13 Å². The lowest BCUT2D eigenvalue weighted by Gasteiger charge is -2.25. The second-order valence-corrected chi connectivity index (χ2v) is 8.52. The average molecular weight is 402 g/mol. The van der Waals surface area contributed by atoms with E-state index in [-0.39, 0.29) is 11.7 Å². The molecule has 0 aliphatic carbocycles. The van der Waals surface area contributed by atoms with Crippen LogP contribution >= 0.6 is 22.7 Å². The monoisotopic (exact) mass is 401 g/mol. The summed E-state index contributed by atoms with van der Waals surface area (Å²) in [7, 11) is 0. The number of amides is 1. The number of hydrogen-bond acceptors (Lipinski definition) is 5. The van der Waals surface area contributed by atoms with Gasteiger partial charge in [0.1, 0.15) is 5.82 Å². The number of hydrogen-bond donors (Lipinski definition) is 1. The molecule has 7 heteroatoms. The summed E-state index contributed by atoms with van der Waals surface area (Å²) in [6.07, 6.45) is 3.80. The summed E-state index contributed by atoms with van der Waals surface area (Å²) in [6, 6.07) is 10.1. The molecule has 4 rings (SSSR count). The van der Waals surface area contributed by atoms with E-state index in [2.05, 4.69) is 15.2 Å². The van der Waals surface area contributed by atoms with Gasteiger partial charge in [-0.2, -0.15) is 0 Å². The second-order valence-electron chi connectivity index (χ2n) is 6.58. The normalized spacial score (nSPS) is 15.0. The van der Waals surface area contributed by atoms with E-state index in [0.29, 0.717) is 15.6 Å². The van der Waals surface area contributed by atoms with E-state index in [9.17, 15) is 9.18 Å². The van der Waals surface area contributed by atoms with Crippen LogP contribution in [0.5, 0.6) is 0 Å². The summed E-state index contributed by atoms with van der Waals surface area (Å²) in [4.78, 5) is 20.7. The molecule has 4 nitrogen and oxygen atoms in total. The fourth-order valence-corrected chi connectivity index (χ4v) is 4.83. The molecule has 2 aromatic heterocycles. The third-order valence-electron chi connectivity index (χ3n) is 4.58. The number of halogens is 1. The number of nitrogens with one attached hydrogen (secondary N) is 1. The smallest absolute Gasteiger partial charge is 0.267 e. The Morgan fingerprint density at radius 2 is 1.96 bits per heavy atom. The summed E-state index contributed by atoms with van der Waals surface area (Å²) in [6.45, 7) is 3.07. The molecule has 1 saturated heterocycles. The highest BCUT2D eigenvalue weighted by molar-refractivity contribution is 7.17. The fourth-order valence-electron chi connectivity index (χ4n) is 3.21. The molecule has 1 aliphatic rings. The van der Waals surface area contributed by atoms with Gasteiger partial charge in [0.25, 0.3) is 5.91 Å². The van der Waals surface area contributed by atoms with Gasteiger partial charge >= 0.3 is 0 Å². The first kappa shape index (κ1) is 18.3. The molecule has 0 saturated carbocycles. The molecule has 0 unspecified atom stereocenters. The zero-order valence-electron chi connectivity index (χ0n) is 14.8. The SMILES string of the molecule is O=C(Nc1nc(CN2CCCCC2)cs1)c1ccc(-c2ccccc2F)s1. The highest BCUT2D eigenvalue weighted by Gasteiger charge is 2.16. The maximum Gasteiger partial charge on any atom is 0.267 e. The van der Waals surface area contributed by atoms with Crippen LogP contribution in [0.25, 0.3) is 10.4 Å². The van der Waals surface area contributed by atoms with Crippen molar-refractivity contribution in [2.75, 3.05) is 18.4 Å². The number of aromatic nitrogens is 1. The summed E-state index contributed by atoms with van der Waals surface area (Å²) in [5, 5.41) is 5.47. The molecule has 1 fully saturated rings. The van der Waals surface area contributed by atoms with Crippen LogP contribution in [-0.4, -0.2) is 28.9 Å². The molecular weight excluding hydrogens is 381 g/mol. The molecular formula is C20H20FN3OS2. The van der Waals surface area contributed by atoms with Crippen molar-refractivity contribution in [3.63, 3.8) is 0 Å². The summed E-state index contributed by atoms with van der Waals surface area (Å²) in [5.41, 5.74) is 1.51. The maximum absolute atomic E-state index is 13.9. The van der Waals surface area contributed by atoms with Crippen LogP contribution < -0.4 is 5.32 Å². The Balaban J connectivity index is 1.40. The molecule has 0 spiro atoms. The standard InChI is InChI=1S/C20H20FN3OS2/c21-16-7-3-2-6-15(16)17-8-9-18(27-17)19(25)23-20-22-14(13-26-20)12-24-10-4-1-5-11-24/h2-3,6-9,13H,1,4-5,10-12H2,(H,22,23,25).